The van der Waals surface area contributed by atoms with E-state index >= 15 is 0 Å². The number of rotatable bonds is 5. The molecule has 0 aromatic rings. The molecule has 14 heavy (non-hydrogen) atoms. The van der Waals surface area contributed by atoms with Crippen molar-refractivity contribution in [3.8, 4) is 0 Å². The van der Waals surface area contributed by atoms with E-state index in [2.05, 4.69) is 6.92 Å². The molecule has 1 unspecified atom stereocenters. The number of hydrogen-bond donors (Lipinski definition) is 0. The van der Waals surface area contributed by atoms with Gasteiger partial charge in [-0.15, -0.1) is 0 Å². The van der Waals surface area contributed by atoms with Crippen molar-refractivity contribution in [3.63, 3.8) is 0 Å². The molecule has 0 amide bonds. The molecule has 1 fully saturated rings. The van der Waals surface area contributed by atoms with Crippen LogP contribution in [0, 0.1) is 5.92 Å². The average molecular weight is 198 g/mol. The maximum Gasteiger partial charge on any atom is 0.305 e. The maximum atomic E-state index is 11.0. The first-order valence-corrected chi connectivity index (χ1v) is 5.98. The van der Waals surface area contributed by atoms with Gasteiger partial charge < -0.3 is 4.74 Å². The lowest BCUT2D eigenvalue weighted by Crippen LogP contribution is -2.09. The molecular weight excluding hydrogens is 176 g/mol. The second-order valence-electron chi connectivity index (χ2n) is 4.29. The predicted octanol–water partition coefficient (Wildman–Crippen LogP) is 3.30. The molecule has 1 aliphatic rings. The Morgan fingerprint density at radius 1 is 1.36 bits per heavy atom. The Morgan fingerprint density at radius 3 is 3.00 bits per heavy atom. The van der Waals surface area contributed by atoms with Gasteiger partial charge in [-0.3, -0.25) is 4.79 Å². The molecule has 0 spiro atoms. The fourth-order valence-corrected chi connectivity index (χ4v) is 1.99. The Morgan fingerprint density at radius 2 is 2.21 bits per heavy atom. The highest BCUT2D eigenvalue weighted by atomic mass is 16.5. The van der Waals surface area contributed by atoms with Crippen LogP contribution in [0.5, 0.6) is 0 Å². The molecule has 1 atom stereocenters. The number of ether oxygens (including phenoxy) is 1. The second kappa shape index (κ2) is 6.86. The summed E-state index contributed by atoms with van der Waals surface area (Å²) >= 11 is 0. The molecule has 1 saturated heterocycles. The van der Waals surface area contributed by atoms with Crippen LogP contribution in [0.4, 0.5) is 0 Å². The second-order valence-corrected chi connectivity index (χ2v) is 4.29. The fraction of sp³-hybridized carbons (Fsp3) is 0.917. The number of unbranched alkanes of at least 4 members (excludes halogenated alkanes) is 3. The van der Waals surface area contributed by atoms with Gasteiger partial charge in [-0.05, 0) is 25.2 Å². The van der Waals surface area contributed by atoms with Crippen molar-refractivity contribution in [1.29, 1.82) is 0 Å². The molecule has 2 nitrogen and oxygen atoms in total. The zero-order valence-electron chi connectivity index (χ0n) is 9.26. The highest BCUT2D eigenvalue weighted by molar-refractivity contribution is 5.69. The largest absolute Gasteiger partial charge is 0.465 e. The molecule has 0 aromatic heterocycles. The van der Waals surface area contributed by atoms with Gasteiger partial charge in [0.15, 0.2) is 0 Å². The molecular formula is C12H22O2. The third kappa shape index (κ3) is 4.64. The van der Waals surface area contributed by atoms with Crippen molar-refractivity contribution in [2.45, 2.75) is 58.3 Å². The van der Waals surface area contributed by atoms with E-state index in [1.807, 2.05) is 0 Å². The van der Waals surface area contributed by atoms with Crippen LogP contribution < -0.4 is 0 Å². The van der Waals surface area contributed by atoms with E-state index in [-0.39, 0.29) is 5.97 Å². The average Bonchev–Trinajstić information content (AvgIpc) is 2.38. The van der Waals surface area contributed by atoms with Crippen LogP contribution in [-0.2, 0) is 9.53 Å². The highest BCUT2D eigenvalue weighted by Gasteiger charge is 2.16. The molecule has 0 aliphatic carbocycles. The zero-order valence-corrected chi connectivity index (χ0v) is 9.26. The standard InChI is InChI=1S/C12H22O2/c1-2-3-4-5-7-11-8-6-9-12(13)14-10-11/h11H,2-10H2,1H3. The van der Waals surface area contributed by atoms with Crippen molar-refractivity contribution >= 4 is 5.97 Å². The van der Waals surface area contributed by atoms with Crippen molar-refractivity contribution in [2.75, 3.05) is 6.61 Å². The van der Waals surface area contributed by atoms with Gasteiger partial charge >= 0.3 is 5.97 Å². The SMILES string of the molecule is CCCCCCC1CCCC(=O)OC1. The van der Waals surface area contributed by atoms with Gasteiger partial charge in [-0.1, -0.05) is 32.6 Å². The lowest BCUT2D eigenvalue weighted by Gasteiger charge is -2.12. The minimum Gasteiger partial charge on any atom is -0.465 e. The van der Waals surface area contributed by atoms with E-state index in [1.54, 1.807) is 0 Å². The number of hydrogen-bond acceptors (Lipinski definition) is 2. The molecule has 2 heteroatoms. The van der Waals surface area contributed by atoms with Gasteiger partial charge in [-0.25, -0.2) is 0 Å². The number of carbonyl (C=O) groups excluding carboxylic acids is 1. The summed E-state index contributed by atoms with van der Waals surface area (Å²) in [5.41, 5.74) is 0. The lowest BCUT2D eigenvalue weighted by molar-refractivity contribution is -0.143. The van der Waals surface area contributed by atoms with Gasteiger partial charge in [0, 0.05) is 6.42 Å². The van der Waals surface area contributed by atoms with Crippen molar-refractivity contribution in [2.24, 2.45) is 5.92 Å². The molecule has 1 rings (SSSR count). The van der Waals surface area contributed by atoms with Gasteiger partial charge in [0.2, 0.25) is 0 Å². The summed E-state index contributed by atoms with van der Waals surface area (Å²) in [7, 11) is 0. The first kappa shape index (κ1) is 11.5. The Kier molecular flexibility index (Phi) is 5.65. The minimum absolute atomic E-state index is 0.000980. The molecule has 0 radical (unpaired) electrons. The number of cyclic esters (lactones) is 1. The van der Waals surface area contributed by atoms with Crippen LogP contribution in [0.1, 0.15) is 58.3 Å². The van der Waals surface area contributed by atoms with Crippen molar-refractivity contribution in [3.05, 3.63) is 0 Å². The molecule has 82 valence electrons. The van der Waals surface area contributed by atoms with E-state index in [4.69, 9.17) is 4.74 Å². The smallest absolute Gasteiger partial charge is 0.305 e. The minimum atomic E-state index is 0.000980. The van der Waals surface area contributed by atoms with E-state index < -0.39 is 0 Å². The summed E-state index contributed by atoms with van der Waals surface area (Å²) in [4.78, 5) is 11.0. The molecule has 0 N–H and O–H groups in total. The van der Waals surface area contributed by atoms with Gasteiger partial charge in [0.25, 0.3) is 0 Å². The van der Waals surface area contributed by atoms with Crippen molar-refractivity contribution in [1.82, 2.24) is 0 Å². The third-order valence-corrected chi connectivity index (χ3v) is 2.94. The van der Waals surface area contributed by atoms with Crippen LogP contribution in [0.2, 0.25) is 0 Å². The van der Waals surface area contributed by atoms with Gasteiger partial charge in [0.1, 0.15) is 0 Å². The van der Waals surface area contributed by atoms with E-state index in [1.165, 1.54) is 38.5 Å². The van der Waals surface area contributed by atoms with Crippen LogP contribution >= 0.6 is 0 Å². The first-order chi connectivity index (χ1) is 6.83. The molecule has 0 aromatic carbocycles. The molecule has 1 aliphatic heterocycles. The first-order valence-electron chi connectivity index (χ1n) is 5.98. The summed E-state index contributed by atoms with van der Waals surface area (Å²) in [6.07, 6.45) is 9.34. The monoisotopic (exact) mass is 198 g/mol. The Hall–Kier alpha value is -0.530. The quantitative estimate of drug-likeness (QED) is 0.500. The van der Waals surface area contributed by atoms with Crippen LogP contribution in [0.3, 0.4) is 0 Å². The molecule has 1 heterocycles. The summed E-state index contributed by atoms with van der Waals surface area (Å²) in [6.45, 7) is 2.90. The van der Waals surface area contributed by atoms with Crippen LogP contribution in [-0.4, -0.2) is 12.6 Å². The third-order valence-electron chi connectivity index (χ3n) is 2.94. The summed E-state index contributed by atoms with van der Waals surface area (Å²) in [6, 6.07) is 0. The van der Waals surface area contributed by atoms with Gasteiger partial charge in [-0.2, -0.15) is 0 Å². The maximum absolute atomic E-state index is 11.0. The number of esters is 1. The molecule has 0 saturated carbocycles. The topological polar surface area (TPSA) is 26.3 Å². The van der Waals surface area contributed by atoms with Crippen molar-refractivity contribution < 1.29 is 9.53 Å². The van der Waals surface area contributed by atoms with Crippen LogP contribution in [0.15, 0.2) is 0 Å². The van der Waals surface area contributed by atoms with Gasteiger partial charge in [0.05, 0.1) is 6.61 Å². The van der Waals surface area contributed by atoms with E-state index in [9.17, 15) is 4.79 Å². The Balaban J connectivity index is 2.08. The summed E-state index contributed by atoms with van der Waals surface area (Å²) in [5, 5.41) is 0. The Labute approximate surface area is 87.0 Å². The zero-order chi connectivity index (χ0) is 10.2. The fourth-order valence-electron chi connectivity index (χ4n) is 1.99. The summed E-state index contributed by atoms with van der Waals surface area (Å²) < 4.78 is 5.13. The normalized spacial score (nSPS) is 22.9. The highest BCUT2D eigenvalue weighted by Crippen LogP contribution is 2.20. The van der Waals surface area contributed by atoms with Crippen LogP contribution in [0.25, 0.3) is 0 Å². The van der Waals surface area contributed by atoms with E-state index in [0.717, 1.165) is 6.42 Å². The number of carbonyl (C=O) groups is 1. The summed E-state index contributed by atoms with van der Waals surface area (Å²) in [5.74, 6) is 0.638. The predicted molar refractivity (Wildman–Crippen MR) is 57.1 cm³/mol. The molecule has 0 bridgehead atoms. The van der Waals surface area contributed by atoms with E-state index in [0.29, 0.717) is 18.9 Å². The Bertz CT molecular complexity index is 166. The lowest BCUT2D eigenvalue weighted by atomic mass is 9.97.